The van der Waals surface area contributed by atoms with Crippen LogP contribution < -0.4 is 10.6 Å². The predicted octanol–water partition coefficient (Wildman–Crippen LogP) is 0.876. The number of hydrogen-bond acceptors (Lipinski definition) is 6. The van der Waals surface area contributed by atoms with Gasteiger partial charge in [-0.05, 0) is 35.5 Å². The number of benzene rings is 1. The summed E-state index contributed by atoms with van der Waals surface area (Å²) in [7, 11) is 0. The van der Waals surface area contributed by atoms with Crippen molar-refractivity contribution in [2.45, 2.75) is 13.3 Å². The van der Waals surface area contributed by atoms with Gasteiger partial charge < -0.3 is 15.4 Å². The number of amides is 2. The number of esters is 1. The number of halogens is 1. The van der Waals surface area contributed by atoms with Gasteiger partial charge in [0.05, 0.1) is 13.0 Å². The average Bonchev–Trinajstić information content (AvgIpc) is 3.01. The molecule has 0 aliphatic rings. The number of ether oxygens (including phenoxy) is 1. The number of nitrogens with zero attached hydrogens (tertiary/aromatic N) is 4. The third kappa shape index (κ3) is 4.73. The Labute approximate surface area is 130 Å². The van der Waals surface area contributed by atoms with Gasteiger partial charge in [0.2, 0.25) is 0 Å². The Kier molecular flexibility index (Phi) is 5.56. The average molecular weight is 322 g/mol. The highest BCUT2D eigenvalue weighted by molar-refractivity contribution is 5.89. The Morgan fingerprint density at radius 2 is 2.22 bits per heavy atom. The Bertz CT molecular complexity index is 676. The van der Waals surface area contributed by atoms with Gasteiger partial charge in [-0.2, -0.15) is 4.68 Å². The molecule has 1 heterocycles. The van der Waals surface area contributed by atoms with Crippen molar-refractivity contribution in [1.82, 2.24) is 25.5 Å². The molecule has 0 saturated heterocycles. The monoisotopic (exact) mass is 322 g/mol. The maximum Gasteiger partial charge on any atom is 0.319 e. The summed E-state index contributed by atoms with van der Waals surface area (Å²) in [5.74, 6) is -0.994. The second-order valence-corrected chi connectivity index (χ2v) is 4.36. The minimum atomic E-state index is -0.596. The van der Waals surface area contributed by atoms with E-state index in [4.69, 9.17) is 4.74 Å². The molecule has 10 heteroatoms. The summed E-state index contributed by atoms with van der Waals surface area (Å²) in [5, 5.41) is 15.4. The minimum Gasteiger partial charge on any atom is -0.466 e. The standard InChI is InChI=1S/C13H15FN6O3/c1-2-23-12(21)5-6-15-13(22)17-9-3-4-11(10(14)7-9)20-8-16-18-19-20/h3-4,7-8H,2,5-6H2,1H3,(H2,15,17,22). The summed E-state index contributed by atoms with van der Waals surface area (Å²) in [5.41, 5.74) is 0.413. The van der Waals surface area contributed by atoms with Crippen LogP contribution in [0.15, 0.2) is 24.5 Å². The molecule has 0 spiro atoms. The van der Waals surface area contributed by atoms with E-state index in [9.17, 15) is 14.0 Å². The highest BCUT2D eigenvalue weighted by atomic mass is 19.1. The van der Waals surface area contributed by atoms with Crippen molar-refractivity contribution in [3.8, 4) is 5.69 Å². The second kappa shape index (κ2) is 7.82. The molecule has 0 aliphatic carbocycles. The molecule has 0 atom stereocenters. The number of anilines is 1. The van der Waals surface area contributed by atoms with Gasteiger partial charge in [-0.15, -0.1) is 5.10 Å². The van der Waals surface area contributed by atoms with E-state index in [-0.39, 0.29) is 30.9 Å². The van der Waals surface area contributed by atoms with Crippen LogP contribution in [0.5, 0.6) is 0 Å². The van der Waals surface area contributed by atoms with Gasteiger partial charge >= 0.3 is 12.0 Å². The number of carbonyl (C=O) groups excluding carboxylic acids is 2. The lowest BCUT2D eigenvalue weighted by atomic mass is 10.2. The third-order valence-corrected chi connectivity index (χ3v) is 2.72. The Balaban J connectivity index is 1.87. The van der Waals surface area contributed by atoms with Gasteiger partial charge in [0.25, 0.3) is 0 Å². The molecule has 1 aromatic carbocycles. The summed E-state index contributed by atoms with van der Waals surface area (Å²) < 4.78 is 19.8. The van der Waals surface area contributed by atoms with Crippen LogP contribution in [0.2, 0.25) is 0 Å². The zero-order chi connectivity index (χ0) is 16.7. The molecule has 2 N–H and O–H groups in total. The summed E-state index contributed by atoms with van der Waals surface area (Å²) in [6, 6.07) is 3.52. The first kappa shape index (κ1) is 16.3. The highest BCUT2D eigenvalue weighted by Crippen LogP contribution is 2.16. The quantitative estimate of drug-likeness (QED) is 0.764. The van der Waals surface area contributed by atoms with Gasteiger partial charge in [-0.25, -0.2) is 9.18 Å². The van der Waals surface area contributed by atoms with Crippen molar-refractivity contribution >= 4 is 17.7 Å². The van der Waals surface area contributed by atoms with Gasteiger partial charge in [0, 0.05) is 12.2 Å². The van der Waals surface area contributed by atoms with Crippen LogP contribution in [0, 0.1) is 5.82 Å². The first-order valence-corrected chi connectivity index (χ1v) is 6.83. The third-order valence-electron chi connectivity index (χ3n) is 2.72. The van der Waals surface area contributed by atoms with Gasteiger partial charge in [0.1, 0.15) is 12.0 Å². The second-order valence-electron chi connectivity index (χ2n) is 4.36. The molecule has 23 heavy (non-hydrogen) atoms. The van der Waals surface area contributed by atoms with E-state index in [1.807, 2.05) is 0 Å². The van der Waals surface area contributed by atoms with E-state index in [0.717, 1.165) is 6.07 Å². The largest absolute Gasteiger partial charge is 0.466 e. The van der Waals surface area contributed by atoms with Gasteiger partial charge in [-0.3, -0.25) is 4.79 Å². The van der Waals surface area contributed by atoms with E-state index >= 15 is 0 Å². The van der Waals surface area contributed by atoms with E-state index in [1.54, 1.807) is 6.92 Å². The molecule has 122 valence electrons. The molecular formula is C13H15FN6O3. The van der Waals surface area contributed by atoms with Crippen LogP contribution in [0.25, 0.3) is 5.69 Å². The van der Waals surface area contributed by atoms with Crippen LogP contribution >= 0.6 is 0 Å². The van der Waals surface area contributed by atoms with Crippen LogP contribution in [-0.2, 0) is 9.53 Å². The normalized spacial score (nSPS) is 10.2. The fourth-order valence-electron chi connectivity index (χ4n) is 1.73. The molecule has 0 radical (unpaired) electrons. The molecule has 9 nitrogen and oxygen atoms in total. The molecular weight excluding hydrogens is 307 g/mol. The molecule has 2 amide bonds. The maximum atomic E-state index is 14.0. The number of carbonyl (C=O) groups is 2. The summed E-state index contributed by atoms with van der Waals surface area (Å²) in [4.78, 5) is 22.8. The lowest BCUT2D eigenvalue weighted by Gasteiger charge is -2.09. The van der Waals surface area contributed by atoms with E-state index < -0.39 is 17.8 Å². The molecule has 2 aromatic rings. The maximum absolute atomic E-state index is 14.0. The molecule has 0 unspecified atom stereocenters. The molecule has 0 fully saturated rings. The molecule has 0 bridgehead atoms. The highest BCUT2D eigenvalue weighted by Gasteiger charge is 2.09. The minimum absolute atomic E-state index is 0.0634. The van der Waals surface area contributed by atoms with Crippen LogP contribution in [0.3, 0.4) is 0 Å². The van der Waals surface area contributed by atoms with Crippen LogP contribution in [0.4, 0.5) is 14.9 Å². The summed E-state index contributed by atoms with van der Waals surface area (Å²) >= 11 is 0. The fourth-order valence-corrected chi connectivity index (χ4v) is 1.73. The van der Waals surface area contributed by atoms with Crippen molar-refractivity contribution < 1.29 is 18.7 Å². The summed E-state index contributed by atoms with van der Waals surface area (Å²) in [6.45, 7) is 2.11. The number of tetrazole rings is 1. The van der Waals surface area contributed by atoms with E-state index in [2.05, 4.69) is 26.2 Å². The van der Waals surface area contributed by atoms with Crippen molar-refractivity contribution in [3.63, 3.8) is 0 Å². The number of urea groups is 1. The topological polar surface area (TPSA) is 111 Å². The Hall–Kier alpha value is -3.04. The predicted molar refractivity (Wildman–Crippen MR) is 77.4 cm³/mol. The van der Waals surface area contributed by atoms with E-state index in [1.165, 1.54) is 23.1 Å². The van der Waals surface area contributed by atoms with Crippen LogP contribution in [-0.4, -0.2) is 45.4 Å². The fraction of sp³-hybridized carbons (Fsp3) is 0.308. The Morgan fingerprint density at radius 1 is 1.39 bits per heavy atom. The zero-order valence-electron chi connectivity index (χ0n) is 12.3. The smallest absolute Gasteiger partial charge is 0.319 e. The first-order chi connectivity index (χ1) is 11.1. The lowest BCUT2D eigenvalue weighted by molar-refractivity contribution is -0.142. The lowest BCUT2D eigenvalue weighted by Crippen LogP contribution is -2.30. The van der Waals surface area contributed by atoms with Gasteiger partial charge in [-0.1, -0.05) is 0 Å². The van der Waals surface area contributed by atoms with Crippen molar-refractivity contribution in [1.29, 1.82) is 0 Å². The number of aromatic nitrogens is 4. The van der Waals surface area contributed by atoms with Crippen molar-refractivity contribution in [2.24, 2.45) is 0 Å². The van der Waals surface area contributed by atoms with Crippen molar-refractivity contribution in [2.75, 3.05) is 18.5 Å². The van der Waals surface area contributed by atoms with E-state index in [0.29, 0.717) is 0 Å². The molecule has 1 aromatic heterocycles. The number of rotatable bonds is 6. The molecule has 2 rings (SSSR count). The molecule has 0 saturated carbocycles. The SMILES string of the molecule is CCOC(=O)CCNC(=O)Nc1ccc(-n2cnnn2)c(F)c1. The van der Waals surface area contributed by atoms with Crippen LogP contribution in [0.1, 0.15) is 13.3 Å². The number of hydrogen-bond donors (Lipinski definition) is 2. The Morgan fingerprint density at radius 3 is 2.87 bits per heavy atom. The first-order valence-electron chi connectivity index (χ1n) is 6.83. The zero-order valence-corrected chi connectivity index (χ0v) is 12.3. The summed E-state index contributed by atoms with van der Waals surface area (Å²) in [6.07, 6.45) is 1.32. The molecule has 0 aliphatic heterocycles. The number of nitrogens with one attached hydrogen (secondary N) is 2. The van der Waals surface area contributed by atoms with Gasteiger partial charge in [0.15, 0.2) is 5.82 Å². The van der Waals surface area contributed by atoms with Crippen molar-refractivity contribution in [3.05, 3.63) is 30.3 Å².